The number of anilines is 1. The van der Waals surface area contributed by atoms with Crippen molar-refractivity contribution in [2.24, 2.45) is 5.11 Å². The molecule has 0 saturated carbocycles. The summed E-state index contributed by atoms with van der Waals surface area (Å²) < 4.78 is 43.1. The van der Waals surface area contributed by atoms with Crippen molar-refractivity contribution in [1.29, 1.82) is 0 Å². The number of imidazole rings is 1. The number of nitrogens with zero attached hydrogens (tertiary/aromatic N) is 10. The number of fused-ring (bicyclic) bond motifs is 1. The standard InChI is InChI=1S/C16H15N11O16P2/c17-13-9-14(20-4-19-13)24(16(21-9)22-23-18)15-12(10(28)8(41-15)3-40-45(38,39)43-44(35,36)37)42-11-6(26(31)32)1-5(25(29)30)2-7(11)27(33)34/h1-2,4,8,10,12,15,28H,3H2,(H,38,39)(H2,17,19,20)(H2,35,36,37)/t8-,10-,12-,15-/m1/s1. The maximum absolute atomic E-state index is 12.0. The molecule has 1 saturated heterocycles. The van der Waals surface area contributed by atoms with Gasteiger partial charge in [-0.1, -0.05) is 0 Å². The summed E-state index contributed by atoms with van der Waals surface area (Å²) in [7, 11) is -11.1. The number of phosphoric ester groups is 1. The minimum Gasteiger partial charge on any atom is -0.471 e. The van der Waals surface area contributed by atoms with Crippen LogP contribution in [0.15, 0.2) is 23.6 Å². The van der Waals surface area contributed by atoms with Gasteiger partial charge < -0.3 is 35.0 Å². The first kappa shape index (κ1) is 33.0. The number of phosphoric acid groups is 2. The van der Waals surface area contributed by atoms with Crippen LogP contribution in [0, 0.1) is 30.3 Å². The van der Waals surface area contributed by atoms with E-state index in [0.717, 1.165) is 10.9 Å². The molecule has 0 amide bonds. The molecule has 29 heteroatoms. The third-order valence-corrected chi connectivity index (χ3v) is 7.84. The molecule has 1 aliphatic rings. The van der Waals surface area contributed by atoms with Crippen molar-refractivity contribution in [2.45, 2.75) is 24.5 Å². The van der Waals surface area contributed by atoms with Crippen LogP contribution in [0.1, 0.15) is 6.23 Å². The fourth-order valence-corrected chi connectivity index (χ4v) is 5.59. The van der Waals surface area contributed by atoms with Gasteiger partial charge in [-0.05, 0) is 10.6 Å². The monoisotopic (exact) mass is 679 g/mol. The van der Waals surface area contributed by atoms with E-state index in [1.54, 1.807) is 0 Å². The molecule has 1 fully saturated rings. The van der Waals surface area contributed by atoms with E-state index in [0.29, 0.717) is 12.1 Å². The Morgan fingerprint density at radius 2 is 1.73 bits per heavy atom. The van der Waals surface area contributed by atoms with Gasteiger partial charge >= 0.3 is 27.0 Å². The van der Waals surface area contributed by atoms with Gasteiger partial charge in [0.25, 0.3) is 11.4 Å². The van der Waals surface area contributed by atoms with Crippen LogP contribution in [0.4, 0.5) is 28.8 Å². The molecule has 6 N–H and O–H groups in total. The van der Waals surface area contributed by atoms with Crippen molar-refractivity contribution < 1.29 is 62.0 Å². The third-order valence-electron chi connectivity index (χ3n) is 5.69. The van der Waals surface area contributed by atoms with Crippen LogP contribution in [0.3, 0.4) is 0 Å². The zero-order valence-corrected chi connectivity index (χ0v) is 23.2. The van der Waals surface area contributed by atoms with Crippen molar-refractivity contribution >= 4 is 55.6 Å². The average Bonchev–Trinajstić information content (AvgIpc) is 3.43. The second kappa shape index (κ2) is 12.2. The van der Waals surface area contributed by atoms with Crippen LogP contribution in [-0.2, 0) is 22.7 Å². The average molecular weight is 679 g/mol. The highest BCUT2D eigenvalue weighted by atomic mass is 31.3. The quantitative estimate of drug-likeness (QED) is 0.0445. The van der Waals surface area contributed by atoms with E-state index >= 15 is 0 Å². The summed E-state index contributed by atoms with van der Waals surface area (Å²) in [5.74, 6) is -2.12. The molecule has 1 aromatic carbocycles. The Labute approximate surface area is 244 Å². The Bertz CT molecular complexity index is 1820. The number of benzene rings is 1. The summed E-state index contributed by atoms with van der Waals surface area (Å²) >= 11 is 0. The number of nitro benzene ring substituents is 3. The first-order chi connectivity index (χ1) is 20.9. The van der Waals surface area contributed by atoms with Crippen molar-refractivity contribution in [2.75, 3.05) is 12.3 Å². The predicted octanol–water partition coefficient (Wildman–Crippen LogP) is 1.01. The number of nitro groups is 3. The molecule has 27 nitrogen and oxygen atoms in total. The molecular formula is C16H15N11O16P2. The number of aromatic nitrogens is 4. The SMILES string of the molecule is [N-]=[N+]=Nc1nc2c(N)ncnc2n1[C@@H]1O[C@H](COP(=O)(O)OP(=O)(O)O)[C@@H](O)[C@H]1Oc1c([N+](=O)[O-])cc([N+](=O)[O-])cc1[N+](=O)[O-]. The minimum absolute atomic E-state index is 0.223. The normalized spacial score (nSPS) is 21.2. The van der Waals surface area contributed by atoms with Gasteiger partial charge in [-0.3, -0.25) is 39.4 Å². The van der Waals surface area contributed by atoms with Crippen LogP contribution < -0.4 is 10.5 Å². The summed E-state index contributed by atoms with van der Waals surface area (Å²) in [5.41, 5.74) is 10.7. The second-order valence-electron chi connectivity index (χ2n) is 8.46. The van der Waals surface area contributed by atoms with Gasteiger partial charge in [-0.2, -0.15) is 4.31 Å². The highest BCUT2D eigenvalue weighted by Gasteiger charge is 2.51. The van der Waals surface area contributed by atoms with Crippen molar-refractivity contribution in [1.82, 2.24) is 19.5 Å². The highest BCUT2D eigenvalue weighted by molar-refractivity contribution is 7.60. The molecule has 1 unspecified atom stereocenters. The lowest BCUT2D eigenvalue weighted by atomic mass is 10.1. The van der Waals surface area contributed by atoms with Crippen molar-refractivity contribution in [3.05, 3.63) is 59.2 Å². The Hall–Kier alpha value is -4.94. The van der Waals surface area contributed by atoms with Crippen molar-refractivity contribution in [3.8, 4) is 5.75 Å². The predicted molar refractivity (Wildman–Crippen MR) is 138 cm³/mol. The molecule has 5 atom stereocenters. The van der Waals surface area contributed by atoms with Gasteiger partial charge in [-0.25, -0.2) is 24.1 Å². The lowest BCUT2D eigenvalue weighted by Crippen LogP contribution is -2.38. The number of azide groups is 1. The smallest absolute Gasteiger partial charge is 0.471 e. The van der Waals surface area contributed by atoms with E-state index in [2.05, 4.69) is 33.8 Å². The maximum atomic E-state index is 12.0. The number of ether oxygens (including phenoxy) is 2. The highest BCUT2D eigenvalue weighted by Crippen LogP contribution is 2.58. The first-order valence-electron chi connectivity index (χ1n) is 11.3. The molecule has 3 heterocycles. The number of hydrogen-bond donors (Lipinski definition) is 5. The van der Waals surface area contributed by atoms with Gasteiger partial charge in [0.05, 0.1) is 33.5 Å². The van der Waals surface area contributed by atoms with Crippen LogP contribution in [0.25, 0.3) is 21.6 Å². The lowest BCUT2D eigenvalue weighted by Gasteiger charge is -2.23. The number of non-ortho nitro benzene ring substituents is 1. The molecular weight excluding hydrogens is 664 g/mol. The summed E-state index contributed by atoms with van der Waals surface area (Å²) in [6.45, 7) is -1.23. The molecule has 240 valence electrons. The summed E-state index contributed by atoms with van der Waals surface area (Å²) in [6, 6.07) is 0.654. The van der Waals surface area contributed by atoms with Crippen LogP contribution in [-0.4, -0.2) is 79.0 Å². The molecule has 4 rings (SSSR count). The minimum atomic E-state index is -5.59. The molecule has 2 aromatic heterocycles. The van der Waals surface area contributed by atoms with E-state index in [1.807, 2.05) is 0 Å². The zero-order valence-electron chi connectivity index (χ0n) is 21.4. The van der Waals surface area contributed by atoms with Crippen molar-refractivity contribution in [3.63, 3.8) is 0 Å². The fraction of sp³-hybridized carbons (Fsp3) is 0.312. The van der Waals surface area contributed by atoms with Crippen LogP contribution in [0.2, 0.25) is 0 Å². The second-order valence-corrected chi connectivity index (χ2v) is 11.3. The Morgan fingerprint density at radius 3 is 2.27 bits per heavy atom. The van der Waals surface area contributed by atoms with Gasteiger partial charge in [0.15, 0.2) is 29.3 Å². The first-order valence-corrected chi connectivity index (χ1v) is 14.4. The van der Waals surface area contributed by atoms with E-state index < -0.39 is 90.3 Å². The Morgan fingerprint density at radius 1 is 1.11 bits per heavy atom. The molecule has 0 aliphatic carbocycles. The molecule has 0 bridgehead atoms. The Balaban J connectivity index is 1.88. The topological polar surface area (TPSA) is 400 Å². The van der Waals surface area contributed by atoms with E-state index in [4.69, 9.17) is 30.5 Å². The number of hydrogen-bond acceptors (Lipinski definition) is 18. The number of rotatable bonds is 12. The molecule has 0 radical (unpaired) electrons. The zero-order chi connectivity index (χ0) is 33.4. The fourth-order valence-electron chi connectivity index (χ4n) is 3.99. The number of aliphatic hydroxyl groups excluding tert-OH is 1. The van der Waals surface area contributed by atoms with Gasteiger partial charge in [-0.15, -0.1) is 0 Å². The molecule has 0 spiro atoms. The number of aliphatic hydroxyl groups is 1. The maximum Gasteiger partial charge on any atom is 0.481 e. The summed E-state index contributed by atoms with van der Waals surface area (Å²) in [6.07, 6.45) is -7.16. The largest absolute Gasteiger partial charge is 0.481 e. The number of nitrogens with two attached hydrogens (primary N) is 1. The Kier molecular flexibility index (Phi) is 8.95. The van der Waals surface area contributed by atoms with E-state index in [9.17, 15) is 49.5 Å². The van der Waals surface area contributed by atoms with Crippen LogP contribution >= 0.6 is 15.6 Å². The summed E-state index contributed by atoms with van der Waals surface area (Å²) in [4.78, 5) is 72.6. The lowest BCUT2D eigenvalue weighted by molar-refractivity contribution is -0.404. The van der Waals surface area contributed by atoms with Gasteiger partial charge in [0, 0.05) is 4.91 Å². The van der Waals surface area contributed by atoms with E-state index in [-0.39, 0.29) is 17.0 Å². The van der Waals surface area contributed by atoms with E-state index in [1.165, 1.54) is 0 Å². The van der Waals surface area contributed by atoms with Gasteiger partial charge in [0.1, 0.15) is 18.5 Å². The van der Waals surface area contributed by atoms with Crippen LogP contribution in [0.5, 0.6) is 5.75 Å². The molecule has 1 aliphatic heterocycles. The van der Waals surface area contributed by atoms with Gasteiger partial charge in [0.2, 0.25) is 5.95 Å². The number of nitrogen functional groups attached to an aromatic ring is 1. The summed E-state index contributed by atoms with van der Waals surface area (Å²) in [5, 5.41) is 49.4. The third kappa shape index (κ3) is 6.92. The molecule has 45 heavy (non-hydrogen) atoms. The molecule has 3 aromatic rings.